The molecule has 0 amide bonds. The number of nitrogens with one attached hydrogen (secondary N) is 1. The largest absolute Gasteiger partial charge is 0.490 e. The molecule has 1 aromatic heterocycles. The van der Waals surface area contributed by atoms with Gasteiger partial charge in [-0.05, 0) is 12.8 Å². The SMILES string of the molecule is COc1c(NN)ncnc1N1CCN(C2CC2)CC1. The summed E-state index contributed by atoms with van der Waals surface area (Å²) in [7, 11) is 1.61. The molecule has 2 aliphatic rings. The van der Waals surface area contributed by atoms with Crippen LogP contribution in [-0.4, -0.2) is 54.2 Å². The van der Waals surface area contributed by atoms with Gasteiger partial charge in [0.25, 0.3) is 0 Å². The first-order valence-electron chi connectivity index (χ1n) is 6.68. The van der Waals surface area contributed by atoms with Gasteiger partial charge in [0.2, 0.25) is 5.75 Å². The average molecular weight is 264 g/mol. The normalized spacial score (nSPS) is 20.4. The summed E-state index contributed by atoms with van der Waals surface area (Å²) < 4.78 is 5.38. The van der Waals surface area contributed by atoms with Crippen molar-refractivity contribution in [3.8, 4) is 5.75 Å². The van der Waals surface area contributed by atoms with E-state index in [-0.39, 0.29) is 0 Å². The number of hydrogen-bond acceptors (Lipinski definition) is 7. The molecule has 1 aromatic rings. The summed E-state index contributed by atoms with van der Waals surface area (Å²) in [6.45, 7) is 4.11. The van der Waals surface area contributed by atoms with E-state index >= 15 is 0 Å². The number of nitrogens with zero attached hydrogens (tertiary/aromatic N) is 4. The summed E-state index contributed by atoms with van der Waals surface area (Å²) in [5.74, 6) is 7.41. The second-order valence-corrected chi connectivity index (χ2v) is 4.98. The third-order valence-electron chi connectivity index (χ3n) is 3.80. The summed E-state index contributed by atoms with van der Waals surface area (Å²) in [4.78, 5) is 13.2. The number of piperazine rings is 1. The number of aromatic nitrogens is 2. The molecule has 0 unspecified atom stereocenters. The molecule has 2 fully saturated rings. The van der Waals surface area contributed by atoms with Crippen molar-refractivity contribution in [2.24, 2.45) is 5.84 Å². The summed E-state index contributed by atoms with van der Waals surface area (Å²) in [5.41, 5.74) is 2.55. The molecular weight excluding hydrogens is 244 g/mol. The van der Waals surface area contributed by atoms with Crippen LogP contribution in [0.15, 0.2) is 6.33 Å². The minimum absolute atomic E-state index is 0.525. The molecule has 1 saturated carbocycles. The van der Waals surface area contributed by atoms with Gasteiger partial charge in [0.1, 0.15) is 6.33 Å². The molecule has 1 aliphatic heterocycles. The van der Waals surface area contributed by atoms with Gasteiger partial charge in [-0.1, -0.05) is 0 Å². The van der Waals surface area contributed by atoms with E-state index in [0.29, 0.717) is 11.6 Å². The Labute approximate surface area is 112 Å². The molecule has 3 rings (SSSR count). The van der Waals surface area contributed by atoms with Crippen molar-refractivity contribution in [2.75, 3.05) is 43.6 Å². The molecule has 0 aromatic carbocycles. The molecule has 7 nitrogen and oxygen atoms in total. The molecule has 2 heterocycles. The van der Waals surface area contributed by atoms with Gasteiger partial charge in [-0.2, -0.15) is 0 Å². The van der Waals surface area contributed by atoms with Crippen LogP contribution in [0, 0.1) is 0 Å². The van der Waals surface area contributed by atoms with Gasteiger partial charge in [0.15, 0.2) is 11.6 Å². The van der Waals surface area contributed by atoms with Gasteiger partial charge in [-0.15, -0.1) is 0 Å². The van der Waals surface area contributed by atoms with Crippen molar-refractivity contribution < 1.29 is 4.74 Å². The van der Waals surface area contributed by atoms with E-state index in [2.05, 4.69) is 25.2 Å². The molecule has 1 saturated heterocycles. The fourth-order valence-corrected chi connectivity index (χ4v) is 2.62. The molecule has 0 bridgehead atoms. The Kier molecular flexibility index (Phi) is 3.39. The predicted molar refractivity (Wildman–Crippen MR) is 73.2 cm³/mol. The standard InChI is InChI=1S/C12H20N6O/c1-19-10-11(16-13)14-8-15-12(10)18-6-4-17(5-7-18)9-2-3-9/h8-9H,2-7,13H2,1H3,(H,14,15,16). The Hall–Kier alpha value is -1.60. The number of hydrazine groups is 1. The number of methoxy groups -OCH3 is 1. The lowest BCUT2D eigenvalue weighted by atomic mass is 10.3. The van der Waals surface area contributed by atoms with E-state index < -0.39 is 0 Å². The molecule has 0 radical (unpaired) electrons. The van der Waals surface area contributed by atoms with Crippen molar-refractivity contribution in [1.29, 1.82) is 0 Å². The zero-order chi connectivity index (χ0) is 13.2. The molecule has 0 atom stereocenters. The topological polar surface area (TPSA) is 79.5 Å². The van der Waals surface area contributed by atoms with Crippen LogP contribution in [0.2, 0.25) is 0 Å². The second-order valence-electron chi connectivity index (χ2n) is 4.98. The van der Waals surface area contributed by atoms with Gasteiger partial charge < -0.3 is 15.1 Å². The second kappa shape index (κ2) is 5.18. The molecule has 1 aliphatic carbocycles. The first kappa shape index (κ1) is 12.4. The van der Waals surface area contributed by atoms with Crippen LogP contribution in [0.5, 0.6) is 5.75 Å². The highest BCUT2D eigenvalue weighted by molar-refractivity contribution is 5.64. The first-order chi connectivity index (χ1) is 9.33. The summed E-state index contributed by atoms with van der Waals surface area (Å²) >= 11 is 0. The maximum Gasteiger partial charge on any atom is 0.205 e. The van der Waals surface area contributed by atoms with E-state index in [1.165, 1.54) is 19.2 Å². The number of ether oxygens (including phenoxy) is 1. The zero-order valence-corrected chi connectivity index (χ0v) is 11.2. The van der Waals surface area contributed by atoms with E-state index in [1.807, 2.05) is 0 Å². The van der Waals surface area contributed by atoms with Crippen LogP contribution in [0.4, 0.5) is 11.6 Å². The molecule has 104 valence electrons. The number of anilines is 2. The summed E-state index contributed by atoms with van der Waals surface area (Å²) in [6, 6.07) is 0.829. The van der Waals surface area contributed by atoms with Crippen LogP contribution >= 0.6 is 0 Å². The molecular formula is C12H20N6O. The van der Waals surface area contributed by atoms with Crippen LogP contribution in [0.1, 0.15) is 12.8 Å². The number of nitrogens with two attached hydrogens (primary N) is 1. The Morgan fingerprint density at radius 1 is 1.26 bits per heavy atom. The van der Waals surface area contributed by atoms with E-state index in [1.54, 1.807) is 7.11 Å². The molecule has 19 heavy (non-hydrogen) atoms. The Balaban J connectivity index is 1.75. The van der Waals surface area contributed by atoms with Crippen LogP contribution in [0.3, 0.4) is 0 Å². The molecule has 3 N–H and O–H groups in total. The Bertz CT molecular complexity index is 442. The highest BCUT2D eigenvalue weighted by Crippen LogP contribution is 2.33. The van der Waals surface area contributed by atoms with E-state index in [4.69, 9.17) is 10.6 Å². The first-order valence-corrected chi connectivity index (χ1v) is 6.68. The quantitative estimate of drug-likeness (QED) is 0.588. The van der Waals surface area contributed by atoms with Gasteiger partial charge in [0, 0.05) is 32.2 Å². The zero-order valence-electron chi connectivity index (χ0n) is 11.2. The minimum Gasteiger partial charge on any atom is -0.490 e. The molecule has 7 heteroatoms. The fraction of sp³-hybridized carbons (Fsp3) is 0.667. The average Bonchev–Trinajstić information content (AvgIpc) is 3.31. The highest BCUT2D eigenvalue weighted by atomic mass is 16.5. The van der Waals surface area contributed by atoms with Crippen molar-refractivity contribution in [3.63, 3.8) is 0 Å². The highest BCUT2D eigenvalue weighted by Gasteiger charge is 2.32. The number of nitrogen functional groups attached to an aromatic ring is 1. The summed E-state index contributed by atoms with van der Waals surface area (Å²) in [5, 5.41) is 0. The lowest BCUT2D eigenvalue weighted by Crippen LogP contribution is -2.47. The van der Waals surface area contributed by atoms with Crippen molar-refractivity contribution >= 4 is 11.6 Å². The third kappa shape index (κ3) is 2.43. The lowest BCUT2D eigenvalue weighted by molar-refractivity contribution is 0.247. The van der Waals surface area contributed by atoms with Gasteiger partial charge in [-0.25, -0.2) is 15.8 Å². The smallest absolute Gasteiger partial charge is 0.205 e. The van der Waals surface area contributed by atoms with Crippen molar-refractivity contribution in [1.82, 2.24) is 14.9 Å². The predicted octanol–water partition coefficient (Wildman–Crippen LogP) is 0.0552. The van der Waals surface area contributed by atoms with Crippen LogP contribution < -0.4 is 20.9 Å². The van der Waals surface area contributed by atoms with E-state index in [0.717, 1.165) is 38.0 Å². The van der Waals surface area contributed by atoms with Gasteiger partial charge in [-0.3, -0.25) is 4.90 Å². The number of hydrogen-bond donors (Lipinski definition) is 2. The monoisotopic (exact) mass is 264 g/mol. The maximum absolute atomic E-state index is 5.45. The fourth-order valence-electron chi connectivity index (χ4n) is 2.62. The van der Waals surface area contributed by atoms with Crippen molar-refractivity contribution in [2.45, 2.75) is 18.9 Å². The van der Waals surface area contributed by atoms with Crippen LogP contribution in [0.25, 0.3) is 0 Å². The minimum atomic E-state index is 0.525. The molecule has 0 spiro atoms. The lowest BCUT2D eigenvalue weighted by Gasteiger charge is -2.36. The summed E-state index contributed by atoms with van der Waals surface area (Å²) in [6.07, 6.45) is 4.23. The van der Waals surface area contributed by atoms with Crippen LogP contribution in [-0.2, 0) is 0 Å². The van der Waals surface area contributed by atoms with Gasteiger partial charge in [0.05, 0.1) is 7.11 Å². The Morgan fingerprint density at radius 2 is 2.00 bits per heavy atom. The third-order valence-corrected chi connectivity index (χ3v) is 3.80. The number of rotatable bonds is 4. The van der Waals surface area contributed by atoms with Gasteiger partial charge >= 0.3 is 0 Å². The van der Waals surface area contributed by atoms with Crippen molar-refractivity contribution in [3.05, 3.63) is 6.33 Å². The Morgan fingerprint density at radius 3 is 2.58 bits per heavy atom. The van der Waals surface area contributed by atoms with E-state index in [9.17, 15) is 0 Å². The maximum atomic E-state index is 5.45.